The van der Waals surface area contributed by atoms with Crippen molar-refractivity contribution >= 4 is 45.4 Å². The third-order valence-corrected chi connectivity index (χ3v) is 25.3. The largest absolute Gasteiger partial charge is 0.475 e. The highest BCUT2D eigenvalue weighted by atomic mass is 31.2. The molecule has 0 aromatic rings. The highest BCUT2D eigenvalue weighted by Gasteiger charge is 2.35. The molecule has 0 fully saturated rings. The van der Waals surface area contributed by atoms with Crippen LogP contribution in [0.15, 0.2) is 49.6 Å². The van der Waals surface area contributed by atoms with Gasteiger partial charge in [-0.15, -0.1) is 13.2 Å². The molecule has 0 saturated heterocycles. The predicted molar refractivity (Wildman–Crippen MR) is 503 cm³/mol. The first kappa shape index (κ1) is 116. The molecule has 0 heterocycles. The number of carbonyl (C=O) groups is 5. The summed E-state index contributed by atoms with van der Waals surface area (Å²) in [6.07, 6.45) is 82.8. The van der Waals surface area contributed by atoms with Gasteiger partial charge in [0.25, 0.3) is 0 Å². The lowest BCUT2D eigenvalue weighted by Crippen LogP contribution is -2.47. The van der Waals surface area contributed by atoms with Crippen LogP contribution in [0.4, 0.5) is 4.79 Å². The van der Waals surface area contributed by atoms with Crippen LogP contribution in [0, 0.1) is 0 Å². The summed E-state index contributed by atoms with van der Waals surface area (Å²) in [4.78, 5) is 69.0. The number of hydrogen-bond donors (Lipinski definition) is 4. The van der Waals surface area contributed by atoms with Gasteiger partial charge in [-0.25, -0.2) is 13.9 Å². The van der Waals surface area contributed by atoms with Gasteiger partial charge in [0.2, 0.25) is 11.8 Å². The minimum atomic E-state index is -4.44. The summed E-state index contributed by atoms with van der Waals surface area (Å²) in [5.74, 6) is -1.26. The summed E-state index contributed by atoms with van der Waals surface area (Å²) in [6.45, 7) is 18.7. The number of carbonyl (C=O) groups excluding carboxylic acids is 5. The van der Waals surface area contributed by atoms with Gasteiger partial charge in [-0.05, 0) is 63.5 Å². The molecule has 21 heteroatoms. The van der Waals surface area contributed by atoms with Crippen molar-refractivity contribution in [1.29, 1.82) is 0 Å². The molecule has 0 aliphatic carbocycles. The van der Waals surface area contributed by atoms with Crippen molar-refractivity contribution in [3.63, 3.8) is 0 Å². The Labute approximate surface area is 737 Å². The zero-order valence-corrected chi connectivity index (χ0v) is 80.2. The predicted octanol–water partition coefficient (Wildman–Crippen LogP) is 29.5. The number of esters is 2. The summed E-state index contributed by atoms with van der Waals surface area (Å²) >= 11 is 0. The lowest BCUT2D eigenvalue weighted by molar-refractivity contribution is -0.150. The molecule has 0 rings (SSSR count). The molecule has 19 nitrogen and oxygen atoms in total. The number of phosphoric acid groups is 2. The molecule has 0 aromatic heterocycles. The van der Waals surface area contributed by atoms with Crippen molar-refractivity contribution in [3.8, 4) is 0 Å². The Bertz CT molecular complexity index is 2340. The number of ether oxygens (including phenoxy) is 2. The SMILES string of the molecule is C=CCOP(=O)(OCCNC(=O)NCCOP(=O)(OCC=C)OC[C@H](NC(=O)CCCCCCCCCCCCC)[C@@H](/C=C/CCCCCCCCCCCCC)OC(=O)CCCCCCCCCCC)OC[C@H](NC(=O)CCCCCCCCCCCCC)[C@@H](/C=C/CCCCCCCCCCCCC)OC(=O)CCCCCCCCCCC. The van der Waals surface area contributed by atoms with Crippen LogP contribution < -0.4 is 21.3 Å². The topological polar surface area (TPSA) is 241 Å². The number of allylic oxidation sites excluding steroid dienone is 2. The maximum atomic E-state index is 14.6. The van der Waals surface area contributed by atoms with Gasteiger partial charge >= 0.3 is 33.6 Å². The van der Waals surface area contributed by atoms with E-state index in [0.717, 1.165) is 128 Å². The minimum absolute atomic E-state index is 0.160. The van der Waals surface area contributed by atoms with Crippen molar-refractivity contribution < 1.29 is 69.7 Å². The third-order valence-electron chi connectivity index (χ3n) is 22.4. The number of urea groups is 1. The molecule has 0 radical (unpaired) electrons. The van der Waals surface area contributed by atoms with Crippen LogP contribution in [-0.4, -0.2) is 107 Å². The van der Waals surface area contributed by atoms with Crippen LogP contribution in [0.5, 0.6) is 0 Å². The van der Waals surface area contributed by atoms with Crippen LogP contribution in [0.2, 0.25) is 0 Å². The Balaban J connectivity index is 6.62. The average molecular weight is 1740 g/mol. The second kappa shape index (κ2) is 90.1. The van der Waals surface area contributed by atoms with Crippen molar-refractivity contribution in [2.45, 2.75) is 502 Å². The smallest absolute Gasteiger partial charge is 0.456 e. The van der Waals surface area contributed by atoms with Gasteiger partial charge in [-0.2, -0.15) is 0 Å². The molecule has 0 saturated carbocycles. The zero-order chi connectivity index (χ0) is 87.7. The standard InChI is InChI=1S/C99H188N4O15P2/c1-9-17-23-29-35-41-45-47-51-55-59-65-71-77-93(117-97(106)81-75-69-63-53-39-33-27-21-13-5)91(102-95(104)79-73-67-61-57-49-43-37-31-25-19-11-3)89-115-119(109,111-85-15-7)113-87-83-100-99(108)101-84-88-114-120(110,112-86-16-8)116-90-92(103-96(105)80-74-68-62-58-50-44-38-32-26-20-12-4)94(118-98(107)82-76-70-64-54-40-34-28-22-14-6)78-72-66-60-56-52-48-46-42-36-30-24-18-10-2/h15-16,71-72,77-78,91-94H,7-14,17-70,73-76,79-90H2,1-6H3,(H,102,104)(H,103,105)(H2,100,101,108)/b77-71+,78-72+/t91-,92-,93+,94+,119?,120?/m0/s1. The Kier molecular flexibility index (Phi) is 87.4. The van der Waals surface area contributed by atoms with E-state index in [4.69, 9.17) is 36.6 Å². The third kappa shape index (κ3) is 79.0. The second-order valence-corrected chi connectivity index (χ2v) is 37.3. The fraction of sp³-hybridized carbons (Fsp3) is 0.869. The van der Waals surface area contributed by atoms with Gasteiger partial charge in [-0.1, -0.05) is 425 Å². The van der Waals surface area contributed by atoms with Crippen LogP contribution >= 0.6 is 15.6 Å². The second-order valence-electron chi connectivity index (χ2n) is 34.0. The van der Waals surface area contributed by atoms with E-state index in [9.17, 15) is 33.1 Å². The van der Waals surface area contributed by atoms with Crippen LogP contribution in [0.25, 0.3) is 0 Å². The van der Waals surface area contributed by atoms with Crippen LogP contribution in [0.1, 0.15) is 478 Å². The quantitative estimate of drug-likeness (QED) is 0.0192. The first-order valence-corrected chi connectivity index (χ1v) is 53.2. The number of nitrogens with one attached hydrogen (secondary N) is 4. The average Bonchev–Trinajstić information content (AvgIpc) is 0.868. The van der Waals surface area contributed by atoms with Gasteiger partial charge in [0.1, 0.15) is 12.2 Å². The number of unbranched alkanes of at least 4 members (excludes halogenated alkanes) is 58. The Morgan fingerprint density at radius 3 is 0.758 bits per heavy atom. The van der Waals surface area contributed by atoms with Gasteiger partial charge in [0.05, 0.1) is 51.7 Å². The highest BCUT2D eigenvalue weighted by Crippen LogP contribution is 2.50. The van der Waals surface area contributed by atoms with Crippen molar-refractivity contribution in [2.24, 2.45) is 0 Å². The molecule has 0 aliphatic heterocycles. The number of amides is 4. The van der Waals surface area contributed by atoms with Gasteiger partial charge in [0, 0.05) is 38.8 Å². The highest BCUT2D eigenvalue weighted by molar-refractivity contribution is 7.48. The van der Waals surface area contributed by atoms with Crippen molar-refractivity contribution in [3.05, 3.63) is 49.6 Å². The normalized spacial score (nSPS) is 13.7. The van der Waals surface area contributed by atoms with Crippen molar-refractivity contribution in [1.82, 2.24) is 21.3 Å². The first-order chi connectivity index (χ1) is 58.7. The van der Waals surface area contributed by atoms with E-state index in [1.165, 1.54) is 269 Å². The number of rotatable bonds is 96. The van der Waals surface area contributed by atoms with Crippen molar-refractivity contribution in [2.75, 3.05) is 52.7 Å². The lowest BCUT2D eigenvalue weighted by atomic mass is 10.0. The van der Waals surface area contributed by atoms with E-state index < -0.39 is 59.2 Å². The molecule has 0 bridgehead atoms. The Morgan fingerprint density at radius 1 is 0.292 bits per heavy atom. The summed E-state index contributed by atoms with van der Waals surface area (Å²) in [5, 5.41) is 11.6. The van der Waals surface area contributed by atoms with E-state index in [2.05, 4.69) is 76.0 Å². The molecule has 4 N–H and O–H groups in total. The maximum absolute atomic E-state index is 14.6. The molecule has 2 unspecified atom stereocenters. The molecule has 0 spiro atoms. The molecule has 0 aliphatic rings. The summed E-state index contributed by atoms with van der Waals surface area (Å²) in [7, 11) is -8.89. The van der Waals surface area contributed by atoms with Gasteiger partial charge in [-0.3, -0.25) is 46.3 Å². The van der Waals surface area contributed by atoms with E-state index in [0.29, 0.717) is 25.7 Å². The van der Waals surface area contributed by atoms with E-state index in [1.54, 1.807) is 0 Å². The maximum Gasteiger partial charge on any atom is 0.475 e. The van der Waals surface area contributed by atoms with E-state index in [-0.39, 0.29) is 89.0 Å². The zero-order valence-electron chi connectivity index (χ0n) is 78.4. The van der Waals surface area contributed by atoms with Gasteiger partial charge < -0.3 is 30.7 Å². The van der Waals surface area contributed by atoms with Gasteiger partial charge in [0.15, 0.2) is 0 Å². The monoisotopic (exact) mass is 1740 g/mol. The van der Waals surface area contributed by atoms with Crippen LogP contribution in [-0.2, 0) is 64.9 Å². The molecule has 6 atom stereocenters. The van der Waals surface area contributed by atoms with E-state index in [1.807, 2.05) is 24.3 Å². The molecule has 120 heavy (non-hydrogen) atoms. The summed E-state index contributed by atoms with van der Waals surface area (Å²) < 4.78 is 76.9. The first-order valence-electron chi connectivity index (χ1n) is 50.3. The molecule has 0 aromatic carbocycles. The molecular weight excluding hydrogens is 1550 g/mol. The number of hydrogen-bond acceptors (Lipinski definition) is 15. The lowest BCUT2D eigenvalue weighted by Gasteiger charge is -2.27. The molecule has 4 amide bonds. The van der Waals surface area contributed by atoms with Crippen LogP contribution in [0.3, 0.4) is 0 Å². The summed E-state index contributed by atoms with van der Waals surface area (Å²) in [5.41, 5.74) is 0. The minimum Gasteiger partial charge on any atom is -0.456 e. The Hall–Kier alpha value is -3.67. The molecular formula is C99H188N4O15P2. The molecule has 704 valence electrons. The fourth-order valence-corrected chi connectivity index (χ4v) is 17.2. The van der Waals surface area contributed by atoms with E-state index >= 15 is 0 Å². The number of phosphoric ester groups is 2. The fourth-order valence-electron chi connectivity index (χ4n) is 14.9. The Morgan fingerprint density at radius 2 is 0.517 bits per heavy atom. The summed E-state index contributed by atoms with van der Waals surface area (Å²) in [6, 6.07) is -2.58.